The number of fused-ring (bicyclic) bond motifs is 5. The highest BCUT2D eigenvalue weighted by Crippen LogP contribution is 2.40. The van der Waals surface area contributed by atoms with Gasteiger partial charge in [0.2, 0.25) is 5.88 Å². The van der Waals surface area contributed by atoms with Crippen LogP contribution >= 0.6 is 11.3 Å². The van der Waals surface area contributed by atoms with Crippen molar-refractivity contribution in [1.82, 2.24) is 24.1 Å². The fourth-order valence-corrected chi connectivity index (χ4v) is 5.86. The van der Waals surface area contributed by atoms with Crippen molar-refractivity contribution in [3.8, 4) is 28.4 Å². The van der Waals surface area contributed by atoms with Crippen LogP contribution in [-0.2, 0) is 7.05 Å². The van der Waals surface area contributed by atoms with E-state index < -0.39 is 0 Å². The third-order valence-corrected chi connectivity index (χ3v) is 7.49. The summed E-state index contributed by atoms with van der Waals surface area (Å²) in [6, 6.07) is 18.4. The number of aromatic nitrogens is 5. The molecular formula is C28H17N5O2S. The lowest BCUT2D eigenvalue weighted by molar-refractivity contribution is 0.470. The highest BCUT2D eigenvalue weighted by atomic mass is 32.1. The van der Waals surface area contributed by atoms with Gasteiger partial charge in [-0.25, -0.2) is 9.97 Å². The Morgan fingerprint density at radius 3 is 2.67 bits per heavy atom. The standard InChI is InChI=1S/C28H17N5O2S/c1-32-12-22(30-15-32)20-14-36-24-10-17-16-6-2-3-8-23(16)33(27(17)31-26(20)24)25-11-18-19(13-34-28(18)35-25)21-7-4-5-9-29-21/h2-15H,1H3. The number of para-hydroxylation sites is 1. The van der Waals surface area contributed by atoms with Gasteiger partial charge in [0, 0.05) is 47.2 Å². The van der Waals surface area contributed by atoms with Gasteiger partial charge in [0.25, 0.3) is 5.78 Å². The second-order valence-corrected chi connectivity index (χ2v) is 9.69. The monoisotopic (exact) mass is 487 g/mol. The smallest absolute Gasteiger partial charge is 0.299 e. The Bertz CT molecular complexity index is 2070. The van der Waals surface area contributed by atoms with Gasteiger partial charge in [0.15, 0.2) is 0 Å². The number of nitrogens with zero attached hydrogens (tertiary/aromatic N) is 5. The topological polar surface area (TPSA) is 74.8 Å². The van der Waals surface area contributed by atoms with Crippen molar-refractivity contribution in [2.24, 2.45) is 7.05 Å². The number of aryl methyl sites for hydroxylation is 1. The molecule has 0 aliphatic heterocycles. The maximum atomic E-state index is 6.26. The van der Waals surface area contributed by atoms with Gasteiger partial charge in [-0.3, -0.25) is 9.55 Å². The number of imidazole rings is 1. The van der Waals surface area contributed by atoms with Gasteiger partial charge in [-0.2, -0.15) is 0 Å². The molecule has 36 heavy (non-hydrogen) atoms. The Kier molecular flexibility index (Phi) is 3.90. The van der Waals surface area contributed by atoms with E-state index in [0.29, 0.717) is 11.7 Å². The molecular weight excluding hydrogens is 470 g/mol. The van der Waals surface area contributed by atoms with Gasteiger partial charge >= 0.3 is 0 Å². The van der Waals surface area contributed by atoms with Crippen molar-refractivity contribution in [2.75, 3.05) is 0 Å². The minimum atomic E-state index is 0.461. The Hall–Kier alpha value is -4.69. The first-order valence-corrected chi connectivity index (χ1v) is 12.3. The molecule has 0 spiro atoms. The number of rotatable bonds is 3. The highest BCUT2D eigenvalue weighted by molar-refractivity contribution is 7.17. The summed E-state index contributed by atoms with van der Waals surface area (Å²) in [5.41, 5.74) is 6.45. The summed E-state index contributed by atoms with van der Waals surface area (Å²) in [5.74, 6) is 1.11. The largest absolute Gasteiger partial charge is 0.433 e. The molecule has 8 rings (SSSR count). The zero-order valence-corrected chi connectivity index (χ0v) is 19.9. The Labute approximate surface area is 207 Å². The maximum absolute atomic E-state index is 6.26. The van der Waals surface area contributed by atoms with Crippen LogP contribution in [-0.4, -0.2) is 24.1 Å². The summed E-state index contributed by atoms with van der Waals surface area (Å²) < 4.78 is 17.2. The van der Waals surface area contributed by atoms with Crippen LogP contribution in [0.25, 0.3) is 71.7 Å². The second kappa shape index (κ2) is 7.16. The first-order chi connectivity index (χ1) is 17.7. The van der Waals surface area contributed by atoms with Crippen molar-refractivity contribution < 1.29 is 8.83 Å². The molecule has 0 amide bonds. The van der Waals surface area contributed by atoms with E-state index in [1.54, 1.807) is 23.8 Å². The lowest BCUT2D eigenvalue weighted by atomic mass is 10.1. The van der Waals surface area contributed by atoms with E-state index in [0.717, 1.165) is 60.1 Å². The predicted octanol–water partition coefficient (Wildman–Crippen LogP) is 7.20. The summed E-state index contributed by atoms with van der Waals surface area (Å²) in [4.78, 5) is 14.2. The minimum absolute atomic E-state index is 0.461. The molecule has 0 atom stereocenters. The Morgan fingerprint density at radius 1 is 0.889 bits per heavy atom. The molecule has 1 aromatic carbocycles. The van der Waals surface area contributed by atoms with Gasteiger partial charge < -0.3 is 13.4 Å². The van der Waals surface area contributed by atoms with E-state index in [-0.39, 0.29) is 0 Å². The van der Waals surface area contributed by atoms with E-state index in [2.05, 4.69) is 44.2 Å². The van der Waals surface area contributed by atoms with Crippen LogP contribution in [0.5, 0.6) is 0 Å². The molecule has 0 aliphatic carbocycles. The fourth-order valence-electron chi connectivity index (χ4n) is 4.93. The summed E-state index contributed by atoms with van der Waals surface area (Å²) >= 11 is 1.68. The molecule has 0 saturated heterocycles. The van der Waals surface area contributed by atoms with Crippen molar-refractivity contribution >= 4 is 54.7 Å². The summed E-state index contributed by atoms with van der Waals surface area (Å²) in [6.45, 7) is 0. The van der Waals surface area contributed by atoms with Crippen molar-refractivity contribution in [3.05, 3.63) is 85.0 Å². The summed E-state index contributed by atoms with van der Waals surface area (Å²) in [7, 11) is 1.97. The molecule has 0 aliphatic rings. The van der Waals surface area contributed by atoms with Crippen LogP contribution in [0, 0.1) is 0 Å². The lowest BCUT2D eigenvalue weighted by Crippen LogP contribution is -1.93. The first kappa shape index (κ1) is 19.6. The molecule has 8 aromatic rings. The van der Waals surface area contributed by atoms with Crippen molar-refractivity contribution in [2.45, 2.75) is 0 Å². The number of thiophene rings is 1. The quantitative estimate of drug-likeness (QED) is 0.264. The van der Waals surface area contributed by atoms with Crippen LogP contribution in [0.4, 0.5) is 0 Å². The third kappa shape index (κ3) is 2.70. The molecule has 7 nitrogen and oxygen atoms in total. The van der Waals surface area contributed by atoms with Crippen LogP contribution in [0.15, 0.2) is 93.8 Å². The summed E-state index contributed by atoms with van der Waals surface area (Å²) in [5, 5.41) is 5.20. The molecule has 7 heterocycles. The second-order valence-electron chi connectivity index (χ2n) is 8.78. The van der Waals surface area contributed by atoms with Crippen LogP contribution in [0.1, 0.15) is 0 Å². The highest BCUT2D eigenvalue weighted by Gasteiger charge is 2.22. The molecule has 0 fully saturated rings. The SMILES string of the molecule is Cn1cnc(-c2csc3cc4c5ccccc5n(-c5cc6c(-c7ccccn7)coc6o5)c4nc23)c1. The molecule has 172 valence electrons. The van der Waals surface area contributed by atoms with E-state index in [4.69, 9.17) is 13.8 Å². The number of pyridine rings is 2. The molecule has 0 saturated carbocycles. The Morgan fingerprint density at radius 2 is 1.81 bits per heavy atom. The van der Waals surface area contributed by atoms with Gasteiger partial charge in [0.1, 0.15) is 11.9 Å². The van der Waals surface area contributed by atoms with E-state index in [1.807, 2.05) is 54.5 Å². The maximum Gasteiger partial charge on any atom is 0.299 e. The number of furan rings is 2. The van der Waals surface area contributed by atoms with Crippen LogP contribution < -0.4 is 0 Å². The fraction of sp³-hybridized carbons (Fsp3) is 0.0357. The summed E-state index contributed by atoms with van der Waals surface area (Å²) in [6.07, 6.45) is 7.30. The molecule has 0 radical (unpaired) electrons. The van der Waals surface area contributed by atoms with Crippen molar-refractivity contribution in [1.29, 1.82) is 0 Å². The van der Waals surface area contributed by atoms with Crippen molar-refractivity contribution in [3.63, 3.8) is 0 Å². The average Bonchev–Trinajstić information content (AvgIpc) is 3.71. The number of hydrogen-bond acceptors (Lipinski definition) is 6. The lowest BCUT2D eigenvalue weighted by Gasteiger charge is -2.03. The van der Waals surface area contributed by atoms with Gasteiger partial charge in [-0.1, -0.05) is 24.3 Å². The van der Waals surface area contributed by atoms with Gasteiger partial charge in [0.05, 0.1) is 44.4 Å². The normalized spacial score (nSPS) is 12.0. The molecule has 0 bridgehead atoms. The first-order valence-electron chi connectivity index (χ1n) is 11.5. The van der Waals surface area contributed by atoms with E-state index in [9.17, 15) is 0 Å². The van der Waals surface area contributed by atoms with Gasteiger partial charge in [-0.05, 0) is 24.3 Å². The van der Waals surface area contributed by atoms with Gasteiger partial charge in [-0.15, -0.1) is 11.3 Å². The molecule has 8 heteroatoms. The zero-order chi connectivity index (χ0) is 23.8. The predicted molar refractivity (Wildman–Crippen MR) is 141 cm³/mol. The van der Waals surface area contributed by atoms with E-state index >= 15 is 0 Å². The Balaban J connectivity index is 1.42. The molecule has 0 N–H and O–H groups in total. The molecule has 7 aromatic heterocycles. The minimum Gasteiger partial charge on any atom is -0.433 e. The zero-order valence-electron chi connectivity index (χ0n) is 19.0. The third-order valence-electron chi connectivity index (χ3n) is 6.57. The van der Waals surface area contributed by atoms with Crippen LogP contribution in [0.3, 0.4) is 0 Å². The van der Waals surface area contributed by atoms with E-state index in [1.165, 1.54) is 0 Å². The van der Waals surface area contributed by atoms with Crippen LogP contribution in [0.2, 0.25) is 0 Å². The average molecular weight is 488 g/mol. The number of hydrogen-bond donors (Lipinski definition) is 0. The number of benzene rings is 1. The molecule has 0 unspecified atom stereocenters.